The van der Waals surface area contributed by atoms with Gasteiger partial charge in [-0.25, -0.2) is 0 Å². The second-order valence-electron chi connectivity index (χ2n) is 3.19. The smallest absolute Gasteiger partial charge is 0.311 e. The summed E-state index contributed by atoms with van der Waals surface area (Å²) in [5.41, 5.74) is 0.770. The summed E-state index contributed by atoms with van der Waals surface area (Å²) in [6.07, 6.45) is 0.683. The van der Waals surface area contributed by atoms with E-state index in [-0.39, 0.29) is 5.69 Å². The van der Waals surface area contributed by atoms with Crippen molar-refractivity contribution >= 4 is 5.69 Å². The molecule has 0 N–H and O–H groups in total. The highest BCUT2D eigenvalue weighted by molar-refractivity contribution is 5.51. The van der Waals surface area contributed by atoms with Crippen LogP contribution in [0.5, 0.6) is 5.75 Å². The highest BCUT2D eigenvalue weighted by Gasteiger charge is 2.17. The Bertz CT molecular complexity index is 347. The summed E-state index contributed by atoms with van der Waals surface area (Å²) in [6.45, 7) is 5.30. The molecule has 0 aliphatic rings. The molecular weight excluding hydrogens is 182 g/mol. The molecule has 1 aromatic carbocycles. The number of benzene rings is 1. The van der Waals surface area contributed by atoms with Gasteiger partial charge >= 0.3 is 5.69 Å². The van der Waals surface area contributed by atoms with E-state index in [9.17, 15) is 10.1 Å². The second kappa shape index (κ2) is 4.09. The van der Waals surface area contributed by atoms with Gasteiger partial charge < -0.3 is 4.74 Å². The number of aryl methyl sites for hydroxylation is 1. The van der Waals surface area contributed by atoms with Crippen LogP contribution in [0.4, 0.5) is 5.69 Å². The maximum Gasteiger partial charge on any atom is 0.311 e. The summed E-state index contributed by atoms with van der Waals surface area (Å²) in [4.78, 5) is 10.2. The minimum Gasteiger partial charge on any atom is -0.476 e. The zero-order chi connectivity index (χ0) is 10.7. The van der Waals surface area contributed by atoms with Crippen LogP contribution in [0.15, 0.2) is 18.2 Å². The van der Waals surface area contributed by atoms with Gasteiger partial charge in [-0.3, -0.25) is 10.1 Å². The van der Waals surface area contributed by atoms with E-state index in [1.54, 1.807) is 32.9 Å². The Morgan fingerprint density at radius 3 is 2.57 bits per heavy atom. The van der Waals surface area contributed by atoms with E-state index in [1.807, 2.05) is 0 Å². The first-order chi connectivity index (χ1) is 6.52. The Morgan fingerprint density at radius 1 is 1.43 bits per heavy atom. The van der Waals surface area contributed by atoms with Crippen molar-refractivity contribution in [2.45, 2.75) is 20.8 Å². The van der Waals surface area contributed by atoms with Gasteiger partial charge in [-0.15, -0.1) is 0 Å². The standard InChI is InChI=1S/C10H12NO3/c1-7(2)14-10-8(3)5-4-6-9(10)11(12)13/h4-6H,1-3H3. The monoisotopic (exact) mass is 194 g/mol. The van der Waals surface area contributed by atoms with E-state index in [2.05, 4.69) is 0 Å². The SMILES string of the molecule is C[C](C)Oc1c(C)cccc1[N+](=O)[O-]. The first kappa shape index (κ1) is 10.5. The first-order valence-corrected chi connectivity index (χ1v) is 4.24. The van der Waals surface area contributed by atoms with Crippen molar-refractivity contribution in [3.05, 3.63) is 40.0 Å². The topological polar surface area (TPSA) is 52.4 Å². The summed E-state index contributed by atoms with van der Waals surface area (Å²) in [6, 6.07) is 4.86. The van der Waals surface area contributed by atoms with E-state index < -0.39 is 4.92 Å². The van der Waals surface area contributed by atoms with E-state index in [0.717, 1.165) is 5.56 Å². The van der Waals surface area contributed by atoms with Gasteiger partial charge in [-0.05, 0) is 26.3 Å². The molecule has 0 bridgehead atoms. The average molecular weight is 194 g/mol. The van der Waals surface area contributed by atoms with Crippen molar-refractivity contribution in [3.63, 3.8) is 0 Å². The summed E-state index contributed by atoms with van der Waals surface area (Å²) < 4.78 is 5.31. The van der Waals surface area contributed by atoms with Crippen molar-refractivity contribution in [2.75, 3.05) is 0 Å². The van der Waals surface area contributed by atoms with Crippen LogP contribution in [0, 0.1) is 23.1 Å². The molecule has 4 heteroatoms. The zero-order valence-corrected chi connectivity index (χ0v) is 8.40. The number of para-hydroxylation sites is 1. The molecule has 14 heavy (non-hydrogen) atoms. The summed E-state index contributed by atoms with van der Waals surface area (Å²) >= 11 is 0. The molecule has 0 saturated heterocycles. The summed E-state index contributed by atoms with van der Waals surface area (Å²) in [5, 5.41) is 10.7. The predicted octanol–water partition coefficient (Wildman–Crippen LogP) is 2.85. The van der Waals surface area contributed by atoms with Crippen LogP contribution in [0.1, 0.15) is 19.4 Å². The highest BCUT2D eigenvalue weighted by Crippen LogP contribution is 2.31. The van der Waals surface area contributed by atoms with Crippen LogP contribution in [-0.4, -0.2) is 4.92 Å². The third-order valence-electron chi connectivity index (χ3n) is 1.69. The van der Waals surface area contributed by atoms with Crippen molar-refractivity contribution < 1.29 is 9.66 Å². The number of hydrogen-bond acceptors (Lipinski definition) is 3. The lowest BCUT2D eigenvalue weighted by Gasteiger charge is -2.10. The van der Waals surface area contributed by atoms with E-state index >= 15 is 0 Å². The van der Waals surface area contributed by atoms with Gasteiger partial charge in [0.25, 0.3) is 0 Å². The fraction of sp³-hybridized carbons (Fsp3) is 0.300. The predicted molar refractivity (Wildman–Crippen MR) is 53.1 cm³/mol. The number of ether oxygens (including phenoxy) is 1. The molecule has 0 saturated carbocycles. The molecule has 4 nitrogen and oxygen atoms in total. The second-order valence-corrected chi connectivity index (χ2v) is 3.19. The Kier molecular flexibility index (Phi) is 3.06. The van der Waals surface area contributed by atoms with Crippen LogP contribution in [-0.2, 0) is 0 Å². The molecule has 0 heterocycles. The molecule has 75 valence electrons. The minimum absolute atomic E-state index is 0.00574. The highest BCUT2D eigenvalue weighted by atomic mass is 16.6. The fourth-order valence-corrected chi connectivity index (χ4v) is 1.12. The molecule has 0 unspecified atom stereocenters. The Morgan fingerprint density at radius 2 is 2.07 bits per heavy atom. The third kappa shape index (κ3) is 2.22. The number of rotatable bonds is 3. The molecule has 0 atom stereocenters. The summed E-state index contributed by atoms with van der Waals surface area (Å²) in [7, 11) is 0. The quantitative estimate of drug-likeness (QED) is 0.549. The third-order valence-corrected chi connectivity index (χ3v) is 1.69. The van der Waals surface area contributed by atoms with Crippen molar-refractivity contribution in [2.24, 2.45) is 0 Å². The van der Waals surface area contributed by atoms with Crippen LogP contribution in [0.2, 0.25) is 0 Å². The van der Waals surface area contributed by atoms with Gasteiger partial charge in [0.1, 0.15) is 6.10 Å². The van der Waals surface area contributed by atoms with Crippen molar-refractivity contribution in [1.29, 1.82) is 0 Å². The maximum atomic E-state index is 10.7. The Hall–Kier alpha value is -1.58. The largest absolute Gasteiger partial charge is 0.476 e. The number of nitrogens with zero attached hydrogens (tertiary/aromatic N) is 1. The number of nitro groups is 1. The maximum absolute atomic E-state index is 10.7. The summed E-state index contributed by atoms with van der Waals surface area (Å²) in [5.74, 6) is 0.331. The first-order valence-electron chi connectivity index (χ1n) is 4.24. The molecule has 1 radical (unpaired) electrons. The molecule has 0 fully saturated rings. The van der Waals surface area contributed by atoms with Gasteiger partial charge in [-0.1, -0.05) is 12.1 Å². The molecular formula is C10H12NO3. The molecule has 0 amide bonds. The van der Waals surface area contributed by atoms with Gasteiger partial charge in [0, 0.05) is 6.07 Å². The van der Waals surface area contributed by atoms with Crippen LogP contribution >= 0.6 is 0 Å². The lowest BCUT2D eigenvalue weighted by Crippen LogP contribution is -2.01. The lowest BCUT2D eigenvalue weighted by atomic mass is 10.2. The molecule has 0 spiro atoms. The van der Waals surface area contributed by atoms with Crippen molar-refractivity contribution in [1.82, 2.24) is 0 Å². The van der Waals surface area contributed by atoms with Crippen LogP contribution in [0.25, 0.3) is 0 Å². The Balaban J connectivity index is 3.15. The van der Waals surface area contributed by atoms with E-state index in [1.165, 1.54) is 6.07 Å². The van der Waals surface area contributed by atoms with Gasteiger partial charge in [0.05, 0.1) is 4.92 Å². The van der Waals surface area contributed by atoms with Crippen LogP contribution in [0.3, 0.4) is 0 Å². The molecule has 1 rings (SSSR count). The molecule has 1 aromatic rings. The van der Waals surface area contributed by atoms with Crippen LogP contribution < -0.4 is 4.74 Å². The van der Waals surface area contributed by atoms with Gasteiger partial charge in [0.15, 0.2) is 0 Å². The fourth-order valence-electron chi connectivity index (χ4n) is 1.12. The minimum atomic E-state index is -0.439. The van der Waals surface area contributed by atoms with E-state index in [0.29, 0.717) is 11.9 Å². The van der Waals surface area contributed by atoms with Crippen molar-refractivity contribution in [3.8, 4) is 5.75 Å². The molecule has 0 aromatic heterocycles. The number of hydrogen-bond donors (Lipinski definition) is 0. The van der Waals surface area contributed by atoms with Gasteiger partial charge in [0.2, 0.25) is 5.75 Å². The molecule has 0 aliphatic carbocycles. The van der Waals surface area contributed by atoms with E-state index in [4.69, 9.17) is 4.74 Å². The average Bonchev–Trinajstić information content (AvgIpc) is 2.07. The zero-order valence-electron chi connectivity index (χ0n) is 8.40. The Labute approximate surface area is 82.7 Å². The van der Waals surface area contributed by atoms with Gasteiger partial charge in [-0.2, -0.15) is 0 Å². The molecule has 0 aliphatic heterocycles. The number of nitro benzene ring substituents is 1. The lowest BCUT2D eigenvalue weighted by molar-refractivity contribution is -0.385. The normalized spacial score (nSPS) is 10.3.